The summed E-state index contributed by atoms with van der Waals surface area (Å²) in [5.74, 6) is -0.547. The minimum atomic E-state index is -0.584. The van der Waals surface area contributed by atoms with Gasteiger partial charge in [-0.05, 0) is 12.8 Å². The molecule has 19 heavy (non-hydrogen) atoms. The zero-order chi connectivity index (χ0) is 13.7. The number of hydrogen-bond acceptors (Lipinski definition) is 5. The molecule has 1 heterocycles. The van der Waals surface area contributed by atoms with Crippen molar-refractivity contribution in [1.29, 1.82) is 0 Å². The quantitative estimate of drug-likeness (QED) is 0.690. The van der Waals surface area contributed by atoms with E-state index in [0.29, 0.717) is 13.2 Å². The lowest BCUT2D eigenvalue weighted by Crippen LogP contribution is -2.50. The van der Waals surface area contributed by atoms with Crippen LogP contribution in [-0.4, -0.2) is 62.4 Å². The summed E-state index contributed by atoms with van der Waals surface area (Å²) >= 11 is 0. The van der Waals surface area contributed by atoms with Crippen LogP contribution in [-0.2, 0) is 23.8 Å². The van der Waals surface area contributed by atoms with Crippen LogP contribution in [0.4, 0.5) is 0 Å². The van der Waals surface area contributed by atoms with E-state index in [1.165, 1.54) is 7.11 Å². The van der Waals surface area contributed by atoms with Crippen LogP contribution in [0.3, 0.4) is 0 Å². The molecule has 6 heteroatoms. The second kappa shape index (κ2) is 6.86. The standard InChI is InChI=1S/C13H21NO5/c1-17-12(15)8-14(10-4-2-3-5-10)13(16)11-9-18-6-7-19-11/h10-11H,2-9H2,1H3. The van der Waals surface area contributed by atoms with Gasteiger partial charge in [-0.2, -0.15) is 0 Å². The number of amides is 1. The van der Waals surface area contributed by atoms with Crippen LogP contribution in [0.15, 0.2) is 0 Å². The topological polar surface area (TPSA) is 65.1 Å². The van der Waals surface area contributed by atoms with Crippen molar-refractivity contribution in [3.63, 3.8) is 0 Å². The Morgan fingerprint density at radius 1 is 1.26 bits per heavy atom. The minimum absolute atomic E-state index is 0.000139. The summed E-state index contributed by atoms with van der Waals surface area (Å²) in [5, 5.41) is 0. The van der Waals surface area contributed by atoms with Gasteiger partial charge in [-0.15, -0.1) is 0 Å². The predicted octanol–water partition coefficient (Wildman–Crippen LogP) is 0.346. The lowest BCUT2D eigenvalue weighted by molar-refractivity contribution is -0.164. The molecule has 1 unspecified atom stereocenters. The van der Waals surface area contributed by atoms with Crippen molar-refractivity contribution in [1.82, 2.24) is 4.90 Å². The number of methoxy groups -OCH3 is 1. The van der Waals surface area contributed by atoms with Gasteiger partial charge in [-0.25, -0.2) is 0 Å². The third-order valence-corrected chi connectivity index (χ3v) is 3.67. The summed E-state index contributed by atoms with van der Waals surface area (Å²) in [6.07, 6.45) is 3.49. The zero-order valence-corrected chi connectivity index (χ0v) is 11.3. The van der Waals surface area contributed by atoms with E-state index in [1.54, 1.807) is 4.90 Å². The first-order chi connectivity index (χ1) is 9.22. The molecular weight excluding hydrogens is 250 g/mol. The fraction of sp³-hybridized carbons (Fsp3) is 0.846. The maximum absolute atomic E-state index is 12.4. The molecule has 0 aromatic rings. The van der Waals surface area contributed by atoms with Gasteiger partial charge in [0.15, 0.2) is 6.10 Å². The van der Waals surface area contributed by atoms with E-state index in [0.717, 1.165) is 25.7 Å². The molecule has 1 aliphatic heterocycles. The molecule has 6 nitrogen and oxygen atoms in total. The zero-order valence-electron chi connectivity index (χ0n) is 11.3. The predicted molar refractivity (Wildman–Crippen MR) is 66.5 cm³/mol. The molecular formula is C13H21NO5. The fourth-order valence-corrected chi connectivity index (χ4v) is 2.62. The Hall–Kier alpha value is -1.14. The Labute approximate surface area is 113 Å². The Bertz CT molecular complexity index is 321. The second-order valence-corrected chi connectivity index (χ2v) is 4.91. The van der Waals surface area contributed by atoms with Crippen molar-refractivity contribution in [2.45, 2.75) is 37.8 Å². The Balaban J connectivity index is 2.01. The Kier molecular flexibility index (Phi) is 5.15. The van der Waals surface area contributed by atoms with Gasteiger partial charge in [0.2, 0.25) is 0 Å². The summed E-state index contributed by atoms with van der Waals surface area (Å²) < 4.78 is 15.4. The largest absolute Gasteiger partial charge is 0.468 e. The molecule has 0 spiro atoms. The van der Waals surface area contributed by atoms with Gasteiger partial charge in [-0.1, -0.05) is 12.8 Å². The first-order valence-corrected chi connectivity index (χ1v) is 6.79. The summed E-state index contributed by atoms with van der Waals surface area (Å²) in [4.78, 5) is 25.5. The van der Waals surface area contributed by atoms with Crippen molar-refractivity contribution in [2.75, 3.05) is 33.5 Å². The summed E-state index contributed by atoms with van der Waals surface area (Å²) in [5.41, 5.74) is 0. The molecule has 2 rings (SSSR count). The first-order valence-electron chi connectivity index (χ1n) is 6.79. The molecule has 108 valence electrons. The van der Waals surface area contributed by atoms with E-state index in [9.17, 15) is 9.59 Å². The van der Waals surface area contributed by atoms with Gasteiger partial charge in [0.25, 0.3) is 5.91 Å². The molecule has 0 N–H and O–H groups in total. The van der Waals surface area contributed by atoms with Crippen LogP contribution < -0.4 is 0 Å². The molecule has 0 aromatic carbocycles. The SMILES string of the molecule is COC(=O)CN(C(=O)C1COCCO1)C1CCCC1. The maximum Gasteiger partial charge on any atom is 0.325 e. The molecule has 1 saturated carbocycles. The van der Waals surface area contributed by atoms with Crippen LogP contribution in [0, 0.1) is 0 Å². The highest BCUT2D eigenvalue weighted by Crippen LogP contribution is 2.24. The van der Waals surface area contributed by atoms with Crippen molar-refractivity contribution < 1.29 is 23.8 Å². The van der Waals surface area contributed by atoms with E-state index in [-0.39, 0.29) is 25.1 Å². The monoisotopic (exact) mass is 271 g/mol. The summed E-state index contributed by atoms with van der Waals surface area (Å²) in [7, 11) is 1.33. The van der Waals surface area contributed by atoms with Crippen molar-refractivity contribution in [3.05, 3.63) is 0 Å². The third-order valence-electron chi connectivity index (χ3n) is 3.67. The normalized spacial score (nSPS) is 24.2. The number of ether oxygens (including phenoxy) is 3. The van der Waals surface area contributed by atoms with E-state index < -0.39 is 12.1 Å². The number of carbonyl (C=O) groups excluding carboxylic acids is 2. The fourth-order valence-electron chi connectivity index (χ4n) is 2.62. The molecule has 1 atom stereocenters. The number of carbonyl (C=O) groups is 2. The van der Waals surface area contributed by atoms with Crippen molar-refractivity contribution in [2.24, 2.45) is 0 Å². The molecule has 0 bridgehead atoms. The molecule has 0 radical (unpaired) electrons. The first kappa shape index (κ1) is 14.3. The Morgan fingerprint density at radius 2 is 2.00 bits per heavy atom. The van der Waals surface area contributed by atoms with Gasteiger partial charge in [-0.3, -0.25) is 9.59 Å². The van der Waals surface area contributed by atoms with Crippen LogP contribution in [0.5, 0.6) is 0 Å². The second-order valence-electron chi connectivity index (χ2n) is 4.91. The van der Waals surface area contributed by atoms with Crippen LogP contribution in [0.1, 0.15) is 25.7 Å². The molecule has 2 aliphatic rings. The highest BCUT2D eigenvalue weighted by atomic mass is 16.6. The number of esters is 1. The van der Waals surface area contributed by atoms with Crippen molar-refractivity contribution in [3.8, 4) is 0 Å². The van der Waals surface area contributed by atoms with Gasteiger partial charge >= 0.3 is 5.97 Å². The van der Waals surface area contributed by atoms with E-state index in [4.69, 9.17) is 9.47 Å². The van der Waals surface area contributed by atoms with E-state index >= 15 is 0 Å². The lowest BCUT2D eigenvalue weighted by Gasteiger charge is -2.32. The minimum Gasteiger partial charge on any atom is -0.468 e. The van der Waals surface area contributed by atoms with Crippen LogP contribution in [0.25, 0.3) is 0 Å². The smallest absolute Gasteiger partial charge is 0.325 e. The molecule has 0 aromatic heterocycles. The van der Waals surface area contributed by atoms with Crippen LogP contribution in [0.2, 0.25) is 0 Å². The van der Waals surface area contributed by atoms with Crippen molar-refractivity contribution >= 4 is 11.9 Å². The Morgan fingerprint density at radius 3 is 2.58 bits per heavy atom. The number of hydrogen-bond donors (Lipinski definition) is 0. The molecule has 2 fully saturated rings. The highest BCUT2D eigenvalue weighted by molar-refractivity contribution is 5.85. The van der Waals surface area contributed by atoms with Gasteiger partial charge in [0.1, 0.15) is 6.54 Å². The number of rotatable bonds is 4. The van der Waals surface area contributed by atoms with Crippen LogP contribution >= 0.6 is 0 Å². The molecule has 1 aliphatic carbocycles. The van der Waals surface area contributed by atoms with Gasteiger partial charge < -0.3 is 19.1 Å². The summed E-state index contributed by atoms with van der Waals surface area (Å²) in [6, 6.07) is 0.122. The third kappa shape index (κ3) is 3.67. The number of nitrogens with zero attached hydrogens (tertiary/aromatic N) is 1. The summed E-state index contributed by atoms with van der Waals surface area (Å²) in [6.45, 7) is 1.21. The average Bonchev–Trinajstić information content (AvgIpc) is 2.98. The lowest BCUT2D eigenvalue weighted by atomic mass is 10.1. The average molecular weight is 271 g/mol. The van der Waals surface area contributed by atoms with Gasteiger partial charge in [0.05, 0.1) is 26.9 Å². The van der Waals surface area contributed by atoms with E-state index in [1.807, 2.05) is 0 Å². The molecule has 1 saturated heterocycles. The maximum atomic E-state index is 12.4. The van der Waals surface area contributed by atoms with Gasteiger partial charge in [0, 0.05) is 6.04 Å². The highest BCUT2D eigenvalue weighted by Gasteiger charge is 2.34. The molecule has 1 amide bonds. The van der Waals surface area contributed by atoms with E-state index in [2.05, 4.69) is 4.74 Å².